The molecule has 12 heteroatoms. The van der Waals surface area contributed by atoms with Gasteiger partial charge in [0.25, 0.3) is 0 Å². The lowest BCUT2D eigenvalue weighted by atomic mass is 10.2. The minimum Gasteiger partial charge on any atom is -0.467 e. The number of nitrogens with zero attached hydrogens (tertiary/aromatic N) is 5. The number of nitrogens with two attached hydrogens (primary N) is 1. The van der Waals surface area contributed by atoms with Crippen molar-refractivity contribution in [3.8, 4) is 0 Å². The predicted octanol–water partition coefficient (Wildman–Crippen LogP) is 1.72. The average molecular weight is 453 g/mol. The predicted molar refractivity (Wildman–Crippen MR) is 112 cm³/mol. The number of nitrogen functional groups attached to an aromatic ring is 1. The lowest BCUT2D eigenvalue weighted by Crippen LogP contribution is -2.33. The zero-order valence-corrected chi connectivity index (χ0v) is 18.9. The lowest BCUT2D eigenvalue weighted by molar-refractivity contribution is -0.186. The van der Waals surface area contributed by atoms with Gasteiger partial charge in [-0.05, 0) is 19.8 Å². The molecule has 4 rings (SSSR count). The van der Waals surface area contributed by atoms with E-state index in [0.717, 1.165) is 12.2 Å². The monoisotopic (exact) mass is 452 g/mol. The molecule has 11 nitrogen and oxygen atoms in total. The molecule has 1 saturated heterocycles. The lowest BCUT2D eigenvalue weighted by Gasteiger charge is -2.26. The van der Waals surface area contributed by atoms with Crippen molar-refractivity contribution in [2.24, 2.45) is 0 Å². The summed E-state index contributed by atoms with van der Waals surface area (Å²) < 4.78 is 24.8. The second kappa shape index (κ2) is 8.85. The molecule has 3 heterocycles. The van der Waals surface area contributed by atoms with Crippen molar-refractivity contribution in [1.29, 1.82) is 0 Å². The van der Waals surface area contributed by atoms with Gasteiger partial charge in [0.05, 0.1) is 19.3 Å². The van der Waals surface area contributed by atoms with E-state index >= 15 is 0 Å². The molecule has 1 aliphatic carbocycles. The average Bonchev–Trinajstić information content (AvgIpc) is 3.42. The van der Waals surface area contributed by atoms with Gasteiger partial charge in [-0.25, -0.2) is 19.4 Å². The summed E-state index contributed by atoms with van der Waals surface area (Å²) in [5, 5.41) is 9.13. The number of hydrogen-bond donors (Lipinski definition) is 1. The van der Waals surface area contributed by atoms with Crippen molar-refractivity contribution in [2.45, 2.75) is 75.3 Å². The van der Waals surface area contributed by atoms with Crippen molar-refractivity contribution in [3.63, 3.8) is 0 Å². The van der Waals surface area contributed by atoms with Crippen molar-refractivity contribution in [3.05, 3.63) is 0 Å². The number of hydrogen-bond acceptors (Lipinski definition) is 11. The number of carbonyl (C=O) groups is 1. The quantitative estimate of drug-likeness (QED) is 0.356. The summed E-state index contributed by atoms with van der Waals surface area (Å²) in [6, 6.07) is -0.246. The van der Waals surface area contributed by atoms with E-state index in [9.17, 15) is 4.79 Å². The molecular formula is C19H28N6O5S. The molecule has 31 heavy (non-hydrogen) atoms. The third kappa shape index (κ3) is 4.21. The molecule has 5 unspecified atom stereocenters. The number of fused-ring (bicyclic) bond motifs is 2. The smallest absolute Gasteiger partial charge is 0.331 e. The van der Waals surface area contributed by atoms with Crippen LogP contribution < -0.4 is 5.73 Å². The molecular weight excluding hydrogens is 424 g/mol. The maximum atomic E-state index is 11.6. The van der Waals surface area contributed by atoms with Crippen molar-refractivity contribution >= 4 is 34.7 Å². The highest BCUT2D eigenvalue weighted by atomic mass is 32.2. The molecule has 0 amide bonds. The van der Waals surface area contributed by atoms with E-state index in [1.165, 1.54) is 18.9 Å². The topological polar surface area (TPSA) is 137 Å². The number of aromatic nitrogens is 5. The zero-order chi connectivity index (χ0) is 22.2. The molecule has 0 aromatic carbocycles. The largest absolute Gasteiger partial charge is 0.467 e. The normalized spacial score (nSPS) is 30.1. The molecule has 170 valence electrons. The molecule has 2 aromatic rings. The summed E-state index contributed by atoms with van der Waals surface area (Å²) in [4.78, 5) is 20.6. The molecule has 0 radical (unpaired) electrons. The van der Waals surface area contributed by atoms with Crippen molar-refractivity contribution < 1.29 is 23.7 Å². The van der Waals surface area contributed by atoms with Crippen LogP contribution in [0.25, 0.3) is 11.2 Å². The van der Waals surface area contributed by atoms with Crippen molar-refractivity contribution in [1.82, 2.24) is 25.0 Å². The van der Waals surface area contributed by atoms with Crippen LogP contribution in [0.4, 0.5) is 5.82 Å². The highest BCUT2D eigenvalue weighted by molar-refractivity contribution is 7.99. The highest BCUT2D eigenvalue weighted by Crippen LogP contribution is 2.46. The van der Waals surface area contributed by atoms with Gasteiger partial charge in [0.1, 0.15) is 18.8 Å². The van der Waals surface area contributed by atoms with Gasteiger partial charge < -0.3 is 24.7 Å². The molecule has 0 spiro atoms. The maximum absolute atomic E-state index is 11.6. The first kappa shape index (κ1) is 22.2. The van der Waals surface area contributed by atoms with Gasteiger partial charge in [0.2, 0.25) is 0 Å². The molecule has 0 bridgehead atoms. The van der Waals surface area contributed by atoms with Crippen molar-refractivity contribution in [2.75, 3.05) is 25.2 Å². The second-order valence-corrected chi connectivity index (χ2v) is 8.89. The second-order valence-electron chi connectivity index (χ2n) is 7.83. The molecule has 2 aliphatic rings. The first-order valence-electron chi connectivity index (χ1n) is 10.4. The molecule has 1 aliphatic heterocycles. The third-order valence-corrected chi connectivity index (χ3v) is 6.73. The Labute approximate surface area is 184 Å². The Kier molecular flexibility index (Phi) is 6.33. The fourth-order valence-electron chi connectivity index (χ4n) is 3.94. The number of carbonyl (C=O) groups excluding carboxylic acids is 1. The van der Waals surface area contributed by atoms with Crippen LogP contribution in [0.3, 0.4) is 0 Å². The van der Waals surface area contributed by atoms with E-state index in [-0.39, 0.29) is 31.0 Å². The van der Waals surface area contributed by atoms with Gasteiger partial charge in [-0.1, -0.05) is 30.8 Å². The summed E-state index contributed by atoms with van der Waals surface area (Å²) in [5.41, 5.74) is 7.13. The summed E-state index contributed by atoms with van der Waals surface area (Å²) >= 11 is 1.54. The number of methoxy groups -OCH3 is 1. The maximum Gasteiger partial charge on any atom is 0.331 e. The van der Waals surface area contributed by atoms with E-state index in [1.54, 1.807) is 4.68 Å². The number of esters is 1. The van der Waals surface area contributed by atoms with Crippen LogP contribution in [0, 0.1) is 0 Å². The van der Waals surface area contributed by atoms with Gasteiger partial charge in [-0.3, -0.25) is 0 Å². The zero-order valence-electron chi connectivity index (χ0n) is 18.1. The highest BCUT2D eigenvalue weighted by Gasteiger charge is 2.57. The standard InChI is InChI=1S/C19H28N6O5S/c1-5-7-31-18-21-16(20)13-17(22-18)25(24-23-13)10-8-11(28-9-12(26)27-4)15-14(10)29-19(3,6-2)30-15/h10-11,14-15H,5-9H2,1-4H3,(H2,20,21,22). The van der Waals surface area contributed by atoms with E-state index in [4.69, 9.17) is 24.7 Å². The summed E-state index contributed by atoms with van der Waals surface area (Å²) in [6.07, 6.45) is 1.13. The fraction of sp³-hybridized carbons (Fsp3) is 0.737. The van der Waals surface area contributed by atoms with E-state index in [0.29, 0.717) is 35.0 Å². The van der Waals surface area contributed by atoms with Crippen LogP contribution in [-0.4, -0.2) is 74.5 Å². The molecule has 2 aromatic heterocycles. The molecule has 2 N–H and O–H groups in total. The Morgan fingerprint density at radius 3 is 2.81 bits per heavy atom. The fourth-order valence-corrected chi connectivity index (χ4v) is 4.64. The SMILES string of the molecule is CCCSc1nc(N)c2nnn(C3CC(OCC(=O)OC)C4OC(C)(CC)OC43)c2n1. The third-order valence-electron chi connectivity index (χ3n) is 5.68. The first-order valence-corrected chi connectivity index (χ1v) is 11.4. The van der Waals surface area contributed by atoms with Gasteiger partial charge in [-0.2, -0.15) is 0 Å². The minimum atomic E-state index is -0.743. The number of anilines is 1. The number of ether oxygens (including phenoxy) is 4. The van der Waals surface area contributed by atoms with Crippen LogP contribution in [0.1, 0.15) is 46.1 Å². The van der Waals surface area contributed by atoms with Crippen LogP contribution in [0.15, 0.2) is 5.16 Å². The summed E-state index contributed by atoms with van der Waals surface area (Å²) in [6.45, 7) is 5.83. The minimum absolute atomic E-state index is 0.158. The molecule has 5 atom stereocenters. The Hall–Kier alpha value is -2.02. The van der Waals surface area contributed by atoms with E-state index < -0.39 is 11.8 Å². The van der Waals surface area contributed by atoms with Crippen LogP contribution in [-0.2, 0) is 23.7 Å². The molecule has 2 fully saturated rings. The Morgan fingerprint density at radius 1 is 1.32 bits per heavy atom. The number of thioether (sulfide) groups is 1. The summed E-state index contributed by atoms with van der Waals surface area (Å²) in [7, 11) is 1.33. The van der Waals surface area contributed by atoms with Gasteiger partial charge in [0.15, 0.2) is 27.9 Å². The molecule has 1 saturated carbocycles. The van der Waals surface area contributed by atoms with Crippen LogP contribution >= 0.6 is 11.8 Å². The van der Waals surface area contributed by atoms with Gasteiger partial charge in [0, 0.05) is 12.2 Å². The van der Waals surface area contributed by atoms with Crippen LogP contribution in [0.5, 0.6) is 0 Å². The Bertz CT molecular complexity index is 957. The first-order chi connectivity index (χ1) is 14.9. The van der Waals surface area contributed by atoms with Gasteiger partial charge in [-0.15, -0.1) is 5.10 Å². The Balaban J connectivity index is 1.66. The van der Waals surface area contributed by atoms with Gasteiger partial charge >= 0.3 is 5.97 Å². The van der Waals surface area contributed by atoms with E-state index in [2.05, 4.69) is 27.2 Å². The Morgan fingerprint density at radius 2 is 2.10 bits per heavy atom. The summed E-state index contributed by atoms with van der Waals surface area (Å²) in [5.74, 6) is -0.00473. The van der Waals surface area contributed by atoms with Crippen LogP contribution in [0.2, 0.25) is 0 Å². The number of rotatable bonds is 8. The van der Waals surface area contributed by atoms with E-state index in [1.807, 2.05) is 13.8 Å².